The minimum absolute atomic E-state index is 0.0360. The van der Waals surface area contributed by atoms with Crippen molar-refractivity contribution in [2.45, 2.75) is 70.2 Å². The summed E-state index contributed by atoms with van der Waals surface area (Å²) in [5.74, 6) is 0.638. The summed E-state index contributed by atoms with van der Waals surface area (Å²) < 4.78 is 6.20. The Morgan fingerprint density at radius 1 is 1.29 bits per heavy atom. The maximum atomic E-state index is 10.1. The SMILES string of the molecule is CCC12CCC(CCC1O)C(C)(C)O2. The van der Waals surface area contributed by atoms with E-state index < -0.39 is 0 Å². The van der Waals surface area contributed by atoms with Crippen molar-refractivity contribution in [1.82, 2.24) is 0 Å². The van der Waals surface area contributed by atoms with Crippen LogP contribution in [0.25, 0.3) is 0 Å². The molecule has 0 spiro atoms. The topological polar surface area (TPSA) is 29.5 Å². The lowest BCUT2D eigenvalue weighted by molar-refractivity contribution is -0.222. The number of aliphatic hydroxyl groups is 1. The van der Waals surface area contributed by atoms with Crippen LogP contribution in [0.4, 0.5) is 0 Å². The van der Waals surface area contributed by atoms with Crippen molar-refractivity contribution < 1.29 is 9.84 Å². The van der Waals surface area contributed by atoms with Gasteiger partial charge in [-0.3, -0.25) is 0 Å². The molecule has 1 saturated carbocycles. The Kier molecular flexibility index (Phi) is 2.39. The molecule has 3 rings (SSSR count). The van der Waals surface area contributed by atoms with Gasteiger partial charge in [0.2, 0.25) is 0 Å². The molecule has 2 bridgehead atoms. The fraction of sp³-hybridized carbons (Fsp3) is 1.00. The van der Waals surface area contributed by atoms with Gasteiger partial charge < -0.3 is 9.84 Å². The van der Waals surface area contributed by atoms with E-state index in [0.717, 1.165) is 25.7 Å². The molecule has 2 aliphatic heterocycles. The molecule has 3 aliphatic rings. The van der Waals surface area contributed by atoms with Gasteiger partial charge in [-0.1, -0.05) is 6.92 Å². The molecule has 2 heterocycles. The van der Waals surface area contributed by atoms with Gasteiger partial charge in [0.1, 0.15) is 0 Å². The molecular weight excluding hydrogens is 176 g/mol. The maximum Gasteiger partial charge on any atom is 0.0945 e. The standard InChI is InChI=1S/C12H22O2/c1-4-12-8-7-9(5-6-10(12)13)11(2,3)14-12/h9-10,13H,4-8H2,1-3H3. The van der Waals surface area contributed by atoms with Gasteiger partial charge >= 0.3 is 0 Å². The Balaban J connectivity index is 2.31. The number of fused-ring (bicyclic) bond motifs is 4. The second kappa shape index (κ2) is 3.21. The summed E-state index contributed by atoms with van der Waals surface area (Å²) in [4.78, 5) is 0. The van der Waals surface area contributed by atoms with Crippen LogP contribution < -0.4 is 0 Å². The van der Waals surface area contributed by atoms with Crippen LogP contribution in [0.15, 0.2) is 0 Å². The van der Waals surface area contributed by atoms with Crippen molar-refractivity contribution in [2.24, 2.45) is 5.92 Å². The van der Waals surface area contributed by atoms with Crippen LogP contribution in [-0.4, -0.2) is 22.4 Å². The monoisotopic (exact) mass is 198 g/mol. The number of rotatable bonds is 1. The van der Waals surface area contributed by atoms with Crippen LogP contribution in [0.5, 0.6) is 0 Å². The quantitative estimate of drug-likeness (QED) is 0.701. The zero-order valence-corrected chi connectivity index (χ0v) is 9.55. The first-order valence-corrected chi connectivity index (χ1v) is 5.88. The second-order valence-corrected chi connectivity index (χ2v) is 5.45. The zero-order chi connectivity index (χ0) is 10.4. The fourth-order valence-corrected chi connectivity index (χ4v) is 3.26. The Hall–Kier alpha value is -0.0800. The van der Waals surface area contributed by atoms with E-state index in [-0.39, 0.29) is 17.3 Å². The summed E-state index contributed by atoms with van der Waals surface area (Å²) in [6.45, 7) is 6.49. The fourth-order valence-electron chi connectivity index (χ4n) is 3.26. The van der Waals surface area contributed by atoms with Crippen molar-refractivity contribution in [3.63, 3.8) is 0 Å². The van der Waals surface area contributed by atoms with Gasteiger partial charge in [-0.2, -0.15) is 0 Å². The lowest BCUT2D eigenvalue weighted by atomic mass is 9.79. The van der Waals surface area contributed by atoms with E-state index in [0.29, 0.717) is 5.92 Å². The number of aliphatic hydroxyl groups excluding tert-OH is 1. The summed E-state index contributed by atoms with van der Waals surface area (Å²) in [6, 6.07) is 0. The second-order valence-electron chi connectivity index (χ2n) is 5.45. The van der Waals surface area contributed by atoms with Crippen LogP contribution >= 0.6 is 0 Å². The van der Waals surface area contributed by atoms with Gasteiger partial charge in [0.15, 0.2) is 0 Å². The molecule has 3 fully saturated rings. The molecule has 0 aromatic rings. The van der Waals surface area contributed by atoms with E-state index in [9.17, 15) is 5.11 Å². The van der Waals surface area contributed by atoms with E-state index in [1.54, 1.807) is 0 Å². The molecule has 2 heteroatoms. The van der Waals surface area contributed by atoms with Gasteiger partial charge in [0.05, 0.1) is 17.3 Å². The zero-order valence-electron chi connectivity index (χ0n) is 9.55. The summed E-state index contributed by atoms with van der Waals surface area (Å²) in [6.07, 6.45) is 4.98. The molecule has 2 saturated heterocycles. The van der Waals surface area contributed by atoms with Crippen molar-refractivity contribution in [3.05, 3.63) is 0 Å². The number of hydrogen-bond donors (Lipinski definition) is 1. The Bertz CT molecular complexity index is 224. The Morgan fingerprint density at radius 2 is 2.00 bits per heavy atom. The molecule has 14 heavy (non-hydrogen) atoms. The minimum atomic E-state index is -0.251. The van der Waals surface area contributed by atoms with E-state index in [1.807, 2.05) is 0 Å². The summed E-state index contributed by atoms with van der Waals surface area (Å²) >= 11 is 0. The predicted octanol–water partition coefficient (Wildman–Crippen LogP) is 2.50. The minimum Gasteiger partial charge on any atom is -0.390 e. The molecular formula is C12H22O2. The van der Waals surface area contributed by atoms with Crippen molar-refractivity contribution in [2.75, 3.05) is 0 Å². The number of ether oxygens (including phenoxy) is 1. The first kappa shape index (κ1) is 10.4. The first-order chi connectivity index (χ1) is 6.50. The summed E-state index contributed by atoms with van der Waals surface area (Å²) in [5, 5.41) is 10.1. The predicted molar refractivity (Wildman–Crippen MR) is 56.2 cm³/mol. The van der Waals surface area contributed by atoms with Gasteiger partial charge in [-0.25, -0.2) is 0 Å². The average molecular weight is 198 g/mol. The van der Waals surface area contributed by atoms with Crippen LogP contribution in [-0.2, 0) is 4.74 Å². The highest BCUT2D eigenvalue weighted by Crippen LogP contribution is 2.48. The van der Waals surface area contributed by atoms with E-state index in [4.69, 9.17) is 4.74 Å². The highest BCUT2D eigenvalue weighted by molar-refractivity contribution is 5.01. The van der Waals surface area contributed by atoms with Crippen molar-refractivity contribution in [1.29, 1.82) is 0 Å². The largest absolute Gasteiger partial charge is 0.390 e. The van der Waals surface area contributed by atoms with Gasteiger partial charge in [0, 0.05) is 0 Å². The first-order valence-electron chi connectivity index (χ1n) is 5.88. The van der Waals surface area contributed by atoms with Gasteiger partial charge in [-0.05, 0) is 51.9 Å². The lowest BCUT2D eigenvalue weighted by Crippen LogP contribution is -2.52. The number of hydrogen-bond acceptors (Lipinski definition) is 2. The van der Waals surface area contributed by atoms with E-state index in [1.165, 1.54) is 6.42 Å². The Morgan fingerprint density at radius 3 is 2.57 bits per heavy atom. The molecule has 0 aromatic carbocycles. The highest BCUT2D eigenvalue weighted by Gasteiger charge is 2.51. The summed E-state index contributed by atoms with van der Waals surface area (Å²) in [5.41, 5.74) is -0.276. The molecule has 0 amide bonds. The third kappa shape index (κ3) is 1.40. The van der Waals surface area contributed by atoms with Gasteiger partial charge in [-0.15, -0.1) is 0 Å². The van der Waals surface area contributed by atoms with Crippen LogP contribution in [0, 0.1) is 5.92 Å². The molecule has 0 aromatic heterocycles. The third-order valence-electron chi connectivity index (χ3n) is 4.36. The molecule has 2 nitrogen and oxygen atoms in total. The average Bonchev–Trinajstić information content (AvgIpc) is 2.33. The third-order valence-corrected chi connectivity index (χ3v) is 4.36. The van der Waals surface area contributed by atoms with Crippen LogP contribution in [0.1, 0.15) is 52.9 Å². The lowest BCUT2D eigenvalue weighted by Gasteiger charge is -2.48. The summed E-state index contributed by atoms with van der Waals surface area (Å²) in [7, 11) is 0. The highest BCUT2D eigenvalue weighted by atomic mass is 16.5. The van der Waals surface area contributed by atoms with Crippen LogP contribution in [0.3, 0.4) is 0 Å². The maximum absolute atomic E-state index is 10.1. The smallest absolute Gasteiger partial charge is 0.0945 e. The van der Waals surface area contributed by atoms with Crippen molar-refractivity contribution in [3.8, 4) is 0 Å². The van der Waals surface area contributed by atoms with Crippen molar-refractivity contribution >= 4 is 0 Å². The Labute approximate surface area is 86.6 Å². The molecule has 0 radical (unpaired) electrons. The van der Waals surface area contributed by atoms with E-state index >= 15 is 0 Å². The van der Waals surface area contributed by atoms with Crippen LogP contribution in [0.2, 0.25) is 0 Å². The molecule has 82 valence electrons. The normalized spacial score (nSPS) is 46.3. The van der Waals surface area contributed by atoms with Gasteiger partial charge in [0.25, 0.3) is 0 Å². The molecule has 3 unspecified atom stereocenters. The van der Waals surface area contributed by atoms with E-state index in [2.05, 4.69) is 20.8 Å². The molecule has 3 atom stereocenters. The molecule has 1 N–H and O–H groups in total. The molecule has 1 aliphatic carbocycles.